The molecule has 0 fully saturated rings. The van der Waals surface area contributed by atoms with E-state index in [-0.39, 0.29) is 10.6 Å². The smallest absolute Gasteiger partial charge is 0.315 e. The molecule has 106 valence electrons. The van der Waals surface area contributed by atoms with E-state index in [4.69, 9.17) is 4.42 Å². The maximum absolute atomic E-state index is 11.3. The molecule has 0 aliphatic heterocycles. The molecule has 20 heavy (non-hydrogen) atoms. The number of rotatable bonds is 5. The molecule has 0 radical (unpaired) electrons. The minimum atomic E-state index is -0.370. The maximum atomic E-state index is 11.3. The average molecular weight is 275 g/mol. The fourth-order valence-electron chi connectivity index (χ4n) is 2.12. The van der Waals surface area contributed by atoms with Crippen LogP contribution in [0, 0.1) is 17.0 Å². The largest absolute Gasteiger partial charge is 0.464 e. The molecule has 6 nitrogen and oxygen atoms in total. The van der Waals surface area contributed by atoms with Crippen molar-refractivity contribution in [2.24, 2.45) is 0 Å². The van der Waals surface area contributed by atoms with E-state index in [9.17, 15) is 10.1 Å². The van der Waals surface area contributed by atoms with Gasteiger partial charge in [-0.2, -0.15) is 0 Å². The summed E-state index contributed by atoms with van der Waals surface area (Å²) in [7, 11) is 3.47. The van der Waals surface area contributed by atoms with Gasteiger partial charge in [-0.15, -0.1) is 0 Å². The molecule has 2 aromatic rings. The third-order valence-electron chi connectivity index (χ3n) is 3.07. The Bertz CT molecular complexity index is 622. The molecule has 0 aliphatic rings. The zero-order valence-corrected chi connectivity index (χ0v) is 11.7. The van der Waals surface area contributed by atoms with E-state index < -0.39 is 0 Å². The highest BCUT2D eigenvalue weighted by molar-refractivity contribution is 5.76. The van der Waals surface area contributed by atoms with Crippen LogP contribution in [0.25, 0.3) is 0 Å². The van der Waals surface area contributed by atoms with Crippen LogP contribution in [0.4, 0.5) is 17.1 Å². The van der Waals surface area contributed by atoms with Crippen molar-refractivity contribution < 1.29 is 9.34 Å². The van der Waals surface area contributed by atoms with Crippen LogP contribution in [-0.2, 0) is 6.54 Å². The highest BCUT2D eigenvalue weighted by atomic mass is 16.6. The number of nitrogens with one attached hydrogen (secondary N) is 1. The molecule has 2 rings (SSSR count). The Hall–Kier alpha value is -2.50. The van der Waals surface area contributed by atoms with E-state index in [0.717, 1.165) is 11.5 Å². The zero-order chi connectivity index (χ0) is 14.7. The third kappa shape index (κ3) is 2.74. The van der Waals surface area contributed by atoms with Gasteiger partial charge in [-0.1, -0.05) is 6.07 Å². The predicted molar refractivity (Wildman–Crippen MR) is 78.2 cm³/mol. The summed E-state index contributed by atoms with van der Waals surface area (Å²) in [5, 5.41) is 14.1. The molecule has 0 saturated heterocycles. The summed E-state index contributed by atoms with van der Waals surface area (Å²) in [5.41, 5.74) is 1.12. The highest BCUT2D eigenvalue weighted by Crippen LogP contribution is 2.35. The van der Waals surface area contributed by atoms with Crippen molar-refractivity contribution in [1.29, 1.82) is 0 Å². The van der Waals surface area contributed by atoms with Crippen molar-refractivity contribution in [1.82, 2.24) is 0 Å². The fraction of sp³-hybridized carbons (Fsp3) is 0.286. The Morgan fingerprint density at radius 3 is 2.65 bits per heavy atom. The molecule has 0 unspecified atom stereocenters. The summed E-state index contributed by atoms with van der Waals surface area (Å²) in [6.07, 6.45) is 0. The third-order valence-corrected chi connectivity index (χ3v) is 3.07. The van der Waals surface area contributed by atoms with Crippen LogP contribution in [-0.4, -0.2) is 19.0 Å². The number of aryl methyl sites for hydroxylation is 1. The van der Waals surface area contributed by atoms with Crippen molar-refractivity contribution in [3.63, 3.8) is 0 Å². The molecule has 1 aromatic carbocycles. The summed E-state index contributed by atoms with van der Waals surface area (Å²) in [6.45, 7) is 2.34. The van der Waals surface area contributed by atoms with Crippen molar-refractivity contribution in [3.8, 4) is 0 Å². The van der Waals surface area contributed by atoms with Crippen molar-refractivity contribution >= 4 is 17.1 Å². The fourth-order valence-corrected chi connectivity index (χ4v) is 2.12. The molecule has 1 N–H and O–H groups in total. The number of nitrogens with zero attached hydrogens (tertiary/aromatic N) is 2. The van der Waals surface area contributed by atoms with Gasteiger partial charge in [-0.05, 0) is 31.2 Å². The summed E-state index contributed by atoms with van der Waals surface area (Å²) in [4.78, 5) is 12.7. The second-order valence-corrected chi connectivity index (χ2v) is 4.55. The number of furan rings is 1. The summed E-state index contributed by atoms with van der Waals surface area (Å²) < 4.78 is 5.51. The molecule has 0 bridgehead atoms. The van der Waals surface area contributed by atoms with Crippen molar-refractivity contribution in [2.75, 3.05) is 24.3 Å². The van der Waals surface area contributed by atoms with Gasteiger partial charge < -0.3 is 14.6 Å². The van der Waals surface area contributed by atoms with Gasteiger partial charge in [0.2, 0.25) is 0 Å². The van der Waals surface area contributed by atoms with Crippen molar-refractivity contribution in [3.05, 3.63) is 52.0 Å². The van der Waals surface area contributed by atoms with E-state index in [0.29, 0.717) is 17.9 Å². The minimum absolute atomic E-state index is 0.0702. The van der Waals surface area contributed by atoms with Crippen LogP contribution >= 0.6 is 0 Å². The van der Waals surface area contributed by atoms with Gasteiger partial charge in [0.15, 0.2) is 0 Å². The lowest BCUT2D eigenvalue weighted by molar-refractivity contribution is -0.383. The summed E-state index contributed by atoms with van der Waals surface area (Å²) in [5.74, 6) is 1.60. The minimum Gasteiger partial charge on any atom is -0.464 e. The van der Waals surface area contributed by atoms with Crippen LogP contribution in [0.1, 0.15) is 11.5 Å². The van der Waals surface area contributed by atoms with Gasteiger partial charge in [0.1, 0.15) is 22.9 Å². The van der Waals surface area contributed by atoms with Crippen LogP contribution in [0.2, 0.25) is 0 Å². The highest BCUT2D eigenvalue weighted by Gasteiger charge is 2.22. The average Bonchev–Trinajstić information content (AvgIpc) is 2.82. The van der Waals surface area contributed by atoms with E-state index in [2.05, 4.69) is 5.32 Å². The number of nitro benzene ring substituents is 1. The van der Waals surface area contributed by atoms with Gasteiger partial charge in [0, 0.05) is 14.1 Å². The topological polar surface area (TPSA) is 71.5 Å². The molecular weight excluding hydrogens is 258 g/mol. The van der Waals surface area contributed by atoms with E-state index in [1.165, 1.54) is 0 Å². The van der Waals surface area contributed by atoms with Gasteiger partial charge >= 0.3 is 5.69 Å². The number of nitro groups is 1. The number of anilines is 2. The molecule has 0 spiro atoms. The quantitative estimate of drug-likeness (QED) is 0.670. The van der Waals surface area contributed by atoms with Crippen LogP contribution in [0.3, 0.4) is 0 Å². The lowest BCUT2D eigenvalue weighted by Gasteiger charge is -2.19. The molecule has 6 heteroatoms. The van der Waals surface area contributed by atoms with Gasteiger partial charge in [0.25, 0.3) is 0 Å². The van der Waals surface area contributed by atoms with Gasteiger partial charge in [-0.3, -0.25) is 10.1 Å². The van der Waals surface area contributed by atoms with Crippen molar-refractivity contribution in [2.45, 2.75) is 13.5 Å². The first-order valence-electron chi connectivity index (χ1n) is 6.24. The monoisotopic (exact) mass is 275 g/mol. The number of hydrogen-bond donors (Lipinski definition) is 1. The summed E-state index contributed by atoms with van der Waals surface area (Å²) in [6, 6.07) is 8.96. The SMILES string of the molecule is CNc1cccc(N(C)Cc2ccc(C)o2)c1[N+](=O)[O-]. The molecule has 1 heterocycles. The standard InChI is InChI=1S/C14H17N3O3/c1-10-7-8-11(20-10)9-16(3)13-6-4-5-12(15-2)14(13)17(18)19/h4-8,15H,9H2,1-3H3. The number of benzene rings is 1. The Balaban J connectivity index is 2.34. The Kier molecular flexibility index (Phi) is 3.93. The lowest BCUT2D eigenvalue weighted by atomic mass is 10.2. The first-order chi connectivity index (χ1) is 9.52. The predicted octanol–water partition coefficient (Wildman–Crippen LogP) is 3.17. The van der Waals surface area contributed by atoms with E-state index in [1.807, 2.05) is 19.1 Å². The Morgan fingerprint density at radius 1 is 1.35 bits per heavy atom. The molecular formula is C14H17N3O3. The lowest BCUT2D eigenvalue weighted by Crippen LogP contribution is -2.17. The Labute approximate surface area is 117 Å². The second kappa shape index (κ2) is 5.64. The second-order valence-electron chi connectivity index (χ2n) is 4.55. The molecule has 0 atom stereocenters. The molecule has 1 aromatic heterocycles. The van der Waals surface area contributed by atoms with Crippen LogP contribution < -0.4 is 10.2 Å². The first kappa shape index (κ1) is 13.9. The molecule has 0 saturated carbocycles. The molecule has 0 aliphatic carbocycles. The zero-order valence-electron chi connectivity index (χ0n) is 11.7. The van der Waals surface area contributed by atoms with Gasteiger partial charge in [0.05, 0.1) is 11.5 Å². The van der Waals surface area contributed by atoms with Crippen LogP contribution in [0.5, 0.6) is 0 Å². The Morgan fingerprint density at radius 2 is 2.10 bits per heavy atom. The first-order valence-corrected chi connectivity index (χ1v) is 6.24. The molecule has 0 amide bonds. The number of para-hydroxylation sites is 1. The normalized spacial score (nSPS) is 10.3. The summed E-state index contributed by atoms with van der Waals surface area (Å²) >= 11 is 0. The van der Waals surface area contributed by atoms with E-state index >= 15 is 0 Å². The van der Waals surface area contributed by atoms with Gasteiger partial charge in [-0.25, -0.2) is 0 Å². The number of hydrogen-bond acceptors (Lipinski definition) is 5. The van der Waals surface area contributed by atoms with E-state index in [1.54, 1.807) is 37.2 Å². The van der Waals surface area contributed by atoms with Crippen LogP contribution in [0.15, 0.2) is 34.7 Å². The maximum Gasteiger partial charge on any atom is 0.315 e.